The van der Waals surface area contributed by atoms with Crippen molar-refractivity contribution in [3.05, 3.63) is 15.9 Å². The highest BCUT2D eigenvalue weighted by molar-refractivity contribution is 9.10. The van der Waals surface area contributed by atoms with Gasteiger partial charge in [0.1, 0.15) is 0 Å². The van der Waals surface area contributed by atoms with Gasteiger partial charge in [-0.05, 0) is 43.7 Å². The molecule has 1 aromatic rings. The van der Waals surface area contributed by atoms with Gasteiger partial charge in [0.25, 0.3) is 0 Å². The molecule has 0 saturated carbocycles. The smallest absolute Gasteiger partial charge is 0.234 e. The van der Waals surface area contributed by atoms with Crippen LogP contribution in [0.5, 0.6) is 0 Å². The van der Waals surface area contributed by atoms with Crippen molar-refractivity contribution in [3.63, 3.8) is 0 Å². The summed E-state index contributed by atoms with van der Waals surface area (Å²) < 4.78 is 3.00. The number of carbonyl (C=O) groups excluding carboxylic acids is 1. The molecule has 0 spiro atoms. The third-order valence-electron chi connectivity index (χ3n) is 2.66. The number of halogens is 1. The van der Waals surface area contributed by atoms with Crippen LogP contribution in [0.2, 0.25) is 0 Å². The zero-order valence-electron chi connectivity index (χ0n) is 11.5. The maximum Gasteiger partial charge on any atom is 0.234 e. The quantitative estimate of drug-likeness (QED) is 0.866. The van der Waals surface area contributed by atoms with E-state index in [1.54, 1.807) is 0 Å². The van der Waals surface area contributed by atoms with Crippen molar-refractivity contribution >= 4 is 21.8 Å². The number of likely N-dealkylation sites (N-methyl/N-ethyl adjacent to an activating group) is 2. The number of amides is 1. The summed E-state index contributed by atoms with van der Waals surface area (Å²) >= 11 is 3.56. The van der Waals surface area contributed by atoms with Gasteiger partial charge >= 0.3 is 0 Å². The van der Waals surface area contributed by atoms with E-state index in [-0.39, 0.29) is 5.91 Å². The molecule has 0 aliphatic rings. The fraction of sp³-hybridized carbons (Fsp3) is 0.667. The molecule has 0 unspecified atom stereocenters. The van der Waals surface area contributed by atoms with Gasteiger partial charge in [-0.15, -0.1) is 0 Å². The maximum absolute atomic E-state index is 11.5. The van der Waals surface area contributed by atoms with E-state index in [9.17, 15) is 4.79 Å². The number of aryl methyl sites for hydroxylation is 2. The van der Waals surface area contributed by atoms with Gasteiger partial charge in [0.05, 0.1) is 22.4 Å². The number of rotatable bonds is 6. The lowest BCUT2D eigenvalue weighted by atomic mass is 10.3. The fourth-order valence-corrected chi connectivity index (χ4v) is 2.24. The average molecular weight is 317 g/mol. The predicted molar refractivity (Wildman–Crippen MR) is 75.4 cm³/mol. The average Bonchev–Trinajstić information content (AvgIpc) is 2.57. The fourth-order valence-electron chi connectivity index (χ4n) is 1.83. The Bertz CT molecular complexity index is 416. The third-order valence-corrected chi connectivity index (χ3v) is 3.69. The Hall–Kier alpha value is -0.880. The van der Waals surface area contributed by atoms with Gasteiger partial charge in [0.15, 0.2) is 0 Å². The van der Waals surface area contributed by atoms with Crippen LogP contribution in [0.1, 0.15) is 25.2 Å². The molecule has 1 aromatic heterocycles. The van der Waals surface area contributed by atoms with E-state index in [0.29, 0.717) is 19.6 Å². The van der Waals surface area contributed by atoms with Crippen LogP contribution < -0.4 is 5.32 Å². The Labute approximate surface area is 117 Å². The molecule has 0 atom stereocenters. The summed E-state index contributed by atoms with van der Waals surface area (Å²) in [7, 11) is 1.93. The third kappa shape index (κ3) is 3.81. The first-order chi connectivity index (χ1) is 8.49. The molecule has 1 rings (SSSR count). The maximum atomic E-state index is 11.5. The highest BCUT2D eigenvalue weighted by atomic mass is 79.9. The molecule has 1 heterocycles. The molecule has 0 radical (unpaired) electrons. The van der Waals surface area contributed by atoms with Gasteiger partial charge in [-0.25, -0.2) is 0 Å². The summed E-state index contributed by atoms with van der Waals surface area (Å²) in [5.41, 5.74) is 2.10. The van der Waals surface area contributed by atoms with E-state index in [1.807, 2.05) is 30.5 Å². The van der Waals surface area contributed by atoms with Gasteiger partial charge in [0.2, 0.25) is 5.91 Å². The van der Waals surface area contributed by atoms with Crippen molar-refractivity contribution in [1.82, 2.24) is 20.0 Å². The van der Waals surface area contributed by atoms with Crippen LogP contribution in [0.25, 0.3) is 0 Å². The van der Waals surface area contributed by atoms with Crippen molar-refractivity contribution < 1.29 is 4.79 Å². The zero-order valence-corrected chi connectivity index (χ0v) is 13.0. The van der Waals surface area contributed by atoms with E-state index in [0.717, 1.165) is 22.4 Å². The molecule has 18 heavy (non-hydrogen) atoms. The van der Waals surface area contributed by atoms with Crippen LogP contribution >= 0.6 is 15.9 Å². The Kier molecular flexibility index (Phi) is 5.81. The molecule has 0 saturated heterocycles. The Balaban J connectivity index is 2.69. The number of carbonyl (C=O) groups is 1. The summed E-state index contributed by atoms with van der Waals surface area (Å²) in [5.74, 6) is 0.0513. The molecule has 1 amide bonds. The summed E-state index contributed by atoms with van der Waals surface area (Å²) in [6.07, 6.45) is 0. The molecule has 0 aliphatic carbocycles. The lowest BCUT2D eigenvalue weighted by molar-refractivity contribution is -0.121. The first-order valence-corrected chi connectivity index (χ1v) is 6.95. The summed E-state index contributed by atoms with van der Waals surface area (Å²) in [6.45, 7) is 8.56. The topological polar surface area (TPSA) is 50.2 Å². The summed E-state index contributed by atoms with van der Waals surface area (Å²) in [4.78, 5) is 13.5. The van der Waals surface area contributed by atoms with Crippen molar-refractivity contribution in [1.29, 1.82) is 0 Å². The largest absolute Gasteiger partial charge is 0.355 e. The Morgan fingerprint density at radius 2 is 2.17 bits per heavy atom. The van der Waals surface area contributed by atoms with E-state index in [1.165, 1.54) is 0 Å². The SMILES string of the molecule is CCNC(=O)CN(C)Cc1c(Br)c(C)nn1CC. The van der Waals surface area contributed by atoms with E-state index in [4.69, 9.17) is 0 Å². The van der Waals surface area contributed by atoms with E-state index in [2.05, 4.69) is 33.3 Å². The normalized spacial score (nSPS) is 11.0. The molecule has 0 fully saturated rings. The van der Waals surface area contributed by atoms with Crippen molar-refractivity contribution in [3.8, 4) is 0 Å². The molecule has 0 bridgehead atoms. The second kappa shape index (κ2) is 6.89. The Morgan fingerprint density at radius 3 is 2.72 bits per heavy atom. The molecule has 0 aromatic carbocycles. The molecule has 102 valence electrons. The van der Waals surface area contributed by atoms with Crippen LogP contribution in [-0.4, -0.2) is 40.7 Å². The minimum absolute atomic E-state index is 0.0513. The summed E-state index contributed by atoms with van der Waals surface area (Å²) in [5, 5.41) is 7.24. The van der Waals surface area contributed by atoms with Crippen LogP contribution in [-0.2, 0) is 17.9 Å². The predicted octanol–water partition coefficient (Wildman–Crippen LogP) is 1.54. The van der Waals surface area contributed by atoms with Gasteiger partial charge < -0.3 is 5.32 Å². The van der Waals surface area contributed by atoms with Gasteiger partial charge in [-0.2, -0.15) is 5.10 Å². The van der Waals surface area contributed by atoms with Gasteiger partial charge in [0, 0.05) is 19.6 Å². The standard InChI is InChI=1S/C12H21BrN4O/c1-5-14-11(18)8-16(4)7-10-12(13)9(3)15-17(10)6-2/h5-8H2,1-4H3,(H,14,18). The van der Waals surface area contributed by atoms with Crippen LogP contribution in [0.3, 0.4) is 0 Å². The number of nitrogens with zero attached hydrogens (tertiary/aromatic N) is 3. The van der Waals surface area contributed by atoms with Crippen LogP contribution in [0.15, 0.2) is 4.47 Å². The number of aromatic nitrogens is 2. The van der Waals surface area contributed by atoms with Crippen molar-refractivity contribution in [2.24, 2.45) is 0 Å². The monoisotopic (exact) mass is 316 g/mol. The lowest BCUT2D eigenvalue weighted by Gasteiger charge is -2.17. The van der Waals surface area contributed by atoms with Gasteiger partial charge in [-0.3, -0.25) is 14.4 Å². The molecule has 0 aliphatic heterocycles. The van der Waals surface area contributed by atoms with E-state index >= 15 is 0 Å². The van der Waals surface area contributed by atoms with Gasteiger partial charge in [-0.1, -0.05) is 0 Å². The number of nitrogens with one attached hydrogen (secondary N) is 1. The highest BCUT2D eigenvalue weighted by Crippen LogP contribution is 2.22. The van der Waals surface area contributed by atoms with E-state index < -0.39 is 0 Å². The number of hydrogen-bond donors (Lipinski definition) is 1. The summed E-state index contributed by atoms with van der Waals surface area (Å²) in [6, 6.07) is 0. The molecular formula is C12H21BrN4O. The molecule has 6 heteroatoms. The second-order valence-electron chi connectivity index (χ2n) is 4.29. The molecular weight excluding hydrogens is 296 g/mol. The van der Waals surface area contributed by atoms with Crippen LogP contribution in [0, 0.1) is 6.92 Å². The highest BCUT2D eigenvalue weighted by Gasteiger charge is 2.15. The molecule has 1 N–H and O–H groups in total. The first-order valence-electron chi connectivity index (χ1n) is 6.16. The minimum Gasteiger partial charge on any atom is -0.355 e. The number of hydrogen-bond acceptors (Lipinski definition) is 3. The molecule has 5 nitrogen and oxygen atoms in total. The second-order valence-corrected chi connectivity index (χ2v) is 5.08. The Morgan fingerprint density at radius 1 is 1.50 bits per heavy atom. The minimum atomic E-state index is 0.0513. The van der Waals surface area contributed by atoms with Crippen LogP contribution in [0.4, 0.5) is 0 Å². The first kappa shape index (κ1) is 15.2. The van der Waals surface area contributed by atoms with Crippen molar-refractivity contribution in [2.45, 2.75) is 33.9 Å². The lowest BCUT2D eigenvalue weighted by Crippen LogP contribution is -2.35. The zero-order chi connectivity index (χ0) is 13.7. The van der Waals surface area contributed by atoms with Crippen molar-refractivity contribution in [2.75, 3.05) is 20.1 Å².